The van der Waals surface area contributed by atoms with Crippen molar-refractivity contribution in [1.82, 2.24) is 15.1 Å². The average molecular weight is 487 g/mol. The van der Waals surface area contributed by atoms with Gasteiger partial charge in [0.05, 0.1) is 28.7 Å². The van der Waals surface area contributed by atoms with Crippen LogP contribution in [0, 0.1) is 5.82 Å². The monoisotopic (exact) mass is 487 g/mol. The maximum Gasteiger partial charge on any atom is 0.416 e. The standard InChI is InChI=1S/C26H25F4N3O2/c27-20-8-6-18(7-9-20)25(10-12-35-13-11-25)16-31-24(34)22-15-32-33(23(22)17-4-5-17)21-3-1-2-19(14-21)26(28,29)30/h1-3,6-9,14-15,17H,4-5,10-13,16H2,(H,31,34). The number of ether oxygens (including phenoxy) is 1. The molecule has 1 saturated carbocycles. The van der Waals surface area contributed by atoms with Gasteiger partial charge < -0.3 is 10.1 Å². The molecule has 2 aliphatic rings. The fourth-order valence-corrected chi connectivity index (χ4v) is 4.78. The first kappa shape index (κ1) is 23.5. The number of benzene rings is 2. The Balaban J connectivity index is 1.41. The van der Waals surface area contributed by atoms with Crippen molar-refractivity contribution < 1.29 is 27.1 Å². The third kappa shape index (κ3) is 4.82. The van der Waals surface area contributed by atoms with Gasteiger partial charge in [-0.2, -0.15) is 18.3 Å². The Bertz CT molecular complexity index is 1210. The van der Waals surface area contributed by atoms with E-state index in [1.807, 2.05) is 0 Å². The van der Waals surface area contributed by atoms with E-state index >= 15 is 0 Å². The molecule has 2 aromatic carbocycles. The first-order valence-electron chi connectivity index (χ1n) is 11.6. The van der Waals surface area contributed by atoms with Crippen molar-refractivity contribution in [2.24, 2.45) is 0 Å². The fraction of sp³-hybridized carbons (Fsp3) is 0.385. The van der Waals surface area contributed by atoms with Gasteiger partial charge in [-0.1, -0.05) is 18.2 Å². The van der Waals surface area contributed by atoms with Gasteiger partial charge in [-0.25, -0.2) is 9.07 Å². The molecule has 184 valence electrons. The van der Waals surface area contributed by atoms with E-state index in [4.69, 9.17) is 4.74 Å². The Labute approximate surface area is 200 Å². The molecule has 0 bridgehead atoms. The van der Waals surface area contributed by atoms with Gasteiger partial charge in [-0.05, 0) is 61.6 Å². The van der Waals surface area contributed by atoms with Gasteiger partial charge in [0.15, 0.2) is 0 Å². The van der Waals surface area contributed by atoms with Crippen LogP contribution in [0.1, 0.15) is 58.8 Å². The number of nitrogens with zero attached hydrogens (tertiary/aromatic N) is 2. The van der Waals surface area contributed by atoms with Crippen LogP contribution in [0.5, 0.6) is 0 Å². The second kappa shape index (κ2) is 9.11. The molecule has 0 radical (unpaired) electrons. The van der Waals surface area contributed by atoms with Crippen LogP contribution < -0.4 is 5.32 Å². The fourth-order valence-electron chi connectivity index (χ4n) is 4.78. The minimum Gasteiger partial charge on any atom is -0.381 e. The number of hydrogen-bond donors (Lipinski definition) is 1. The summed E-state index contributed by atoms with van der Waals surface area (Å²) in [5.41, 5.74) is 1.05. The van der Waals surface area contributed by atoms with Crippen LogP contribution in [0.3, 0.4) is 0 Å². The number of alkyl halides is 3. The number of carbonyl (C=O) groups excluding carboxylic acids is 1. The normalized spacial score (nSPS) is 17.8. The SMILES string of the molecule is O=C(NCC1(c2ccc(F)cc2)CCOCC1)c1cnn(-c2cccc(C(F)(F)F)c2)c1C1CC1. The summed E-state index contributed by atoms with van der Waals surface area (Å²) in [4.78, 5) is 13.3. The second-order valence-electron chi connectivity index (χ2n) is 9.26. The van der Waals surface area contributed by atoms with Crippen LogP contribution in [-0.4, -0.2) is 35.4 Å². The van der Waals surface area contributed by atoms with Crippen molar-refractivity contribution in [2.75, 3.05) is 19.8 Å². The van der Waals surface area contributed by atoms with E-state index in [0.29, 0.717) is 43.9 Å². The van der Waals surface area contributed by atoms with Crippen molar-refractivity contribution >= 4 is 5.91 Å². The van der Waals surface area contributed by atoms with Crippen LogP contribution in [0.2, 0.25) is 0 Å². The molecule has 1 amide bonds. The van der Waals surface area contributed by atoms with E-state index in [1.165, 1.54) is 29.1 Å². The van der Waals surface area contributed by atoms with Crippen molar-refractivity contribution in [3.05, 3.63) is 82.9 Å². The summed E-state index contributed by atoms with van der Waals surface area (Å²) in [5, 5.41) is 7.32. The Morgan fingerprint density at radius 3 is 2.49 bits per heavy atom. The molecule has 9 heteroatoms. The van der Waals surface area contributed by atoms with E-state index in [1.54, 1.807) is 18.2 Å². The summed E-state index contributed by atoms with van der Waals surface area (Å²) < 4.78 is 60.2. The van der Waals surface area contributed by atoms with Crippen molar-refractivity contribution in [1.29, 1.82) is 0 Å². The zero-order chi connectivity index (χ0) is 24.6. The van der Waals surface area contributed by atoms with Gasteiger partial charge in [0, 0.05) is 31.1 Å². The number of nitrogens with one attached hydrogen (secondary N) is 1. The molecule has 1 N–H and O–H groups in total. The maximum atomic E-state index is 13.5. The predicted molar refractivity (Wildman–Crippen MR) is 121 cm³/mol. The molecule has 2 fully saturated rings. The molecule has 1 saturated heterocycles. The number of halogens is 4. The van der Waals surface area contributed by atoms with Crippen LogP contribution in [0.15, 0.2) is 54.7 Å². The van der Waals surface area contributed by atoms with Crippen molar-refractivity contribution in [3.8, 4) is 5.69 Å². The summed E-state index contributed by atoms with van der Waals surface area (Å²) in [7, 11) is 0. The minimum atomic E-state index is -4.47. The molecule has 35 heavy (non-hydrogen) atoms. The topological polar surface area (TPSA) is 56.1 Å². The molecular formula is C26H25F4N3O2. The summed E-state index contributed by atoms with van der Waals surface area (Å²) in [6.45, 7) is 1.40. The van der Waals surface area contributed by atoms with Gasteiger partial charge >= 0.3 is 6.18 Å². The highest BCUT2D eigenvalue weighted by atomic mass is 19.4. The first-order valence-corrected chi connectivity index (χ1v) is 11.6. The van der Waals surface area contributed by atoms with Gasteiger partial charge in [-0.3, -0.25) is 4.79 Å². The number of hydrogen-bond acceptors (Lipinski definition) is 3. The summed E-state index contributed by atoms with van der Waals surface area (Å²) in [6.07, 6.45) is 0.0126. The van der Waals surface area contributed by atoms with E-state index in [9.17, 15) is 22.4 Å². The molecule has 0 spiro atoms. The van der Waals surface area contributed by atoms with E-state index in [-0.39, 0.29) is 23.3 Å². The van der Waals surface area contributed by atoms with E-state index in [0.717, 1.165) is 30.5 Å². The van der Waals surface area contributed by atoms with Gasteiger partial charge in [0.1, 0.15) is 5.82 Å². The van der Waals surface area contributed by atoms with Crippen LogP contribution in [-0.2, 0) is 16.3 Å². The number of rotatable bonds is 6. The third-order valence-electron chi connectivity index (χ3n) is 6.93. The largest absolute Gasteiger partial charge is 0.416 e. The van der Waals surface area contributed by atoms with E-state index in [2.05, 4.69) is 10.4 Å². The third-order valence-corrected chi connectivity index (χ3v) is 6.93. The predicted octanol–water partition coefficient (Wildman–Crippen LogP) is 5.39. The number of amides is 1. The smallest absolute Gasteiger partial charge is 0.381 e. The Morgan fingerprint density at radius 1 is 1.11 bits per heavy atom. The van der Waals surface area contributed by atoms with Crippen molar-refractivity contribution in [3.63, 3.8) is 0 Å². The second-order valence-corrected chi connectivity index (χ2v) is 9.26. The minimum absolute atomic E-state index is 0.0712. The summed E-state index contributed by atoms with van der Waals surface area (Å²) >= 11 is 0. The van der Waals surface area contributed by atoms with Crippen LogP contribution >= 0.6 is 0 Å². The summed E-state index contributed by atoms with van der Waals surface area (Å²) in [6, 6.07) is 11.3. The Kier molecular flexibility index (Phi) is 6.13. The number of aromatic nitrogens is 2. The van der Waals surface area contributed by atoms with Crippen molar-refractivity contribution in [2.45, 2.75) is 43.2 Å². The highest BCUT2D eigenvalue weighted by Crippen LogP contribution is 2.43. The van der Waals surface area contributed by atoms with Gasteiger partial charge in [0.25, 0.3) is 5.91 Å². The molecule has 1 aliphatic heterocycles. The lowest BCUT2D eigenvalue weighted by molar-refractivity contribution is -0.137. The summed E-state index contributed by atoms with van der Waals surface area (Å²) in [5.74, 6) is -0.573. The molecule has 0 atom stereocenters. The van der Waals surface area contributed by atoms with Crippen LogP contribution in [0.4, 0.5) is 17.6 Å². The van der Waals surface area contributed by atoms with Crippen LogP contribution in [0.25, 0.3) is 5.69 Å². The van der Waals surface area contributed by atoms with E-state index < -0.39 is 17.2 Å². The zero-order valence-electron chi connectivity index (χ0n) is 18.9. The highest BCUT2D eigenvalue weighted by Gasteiger charge is 2.37. The van der Waals surface area contributed by atoms with Gasteiger partial charge in [-0.15, -0.1) is 0 Å². The number of carbonyl (C=O) groups is 1. The quantitative estimate of drug-likeness (QED) is 0.475. The lowest BCUT2D eigenvalue weighted by atomic mass is 9.74. The lowest BCUT2D eigenvalue weighted by Crippen LogP contribution is -2.44. The lowest BCUT2D eigenvalue weighted by Gasteiger charge is -2.38. The maximum absolute atomic E-state index is 13.5. The first-order chi connectivity index (χ1) is 16.8. The zero-order valence-corrected chi connectivity index (χ0v) is 18.9. The molecular weight excluding hydrogens is 462 g/mol. The molecule has 3 aromatic rings. The molecule has 1 aliphatic carbocycles. The molecule has 5 nitrogen and oxygen atoms in total. The molecule has 5 rings (SSSR count). The average Bonchev–Trinajstić information content (AvgIpc) is 3.60. The molecule has 0 unspecified atom stereocenters. The Hall–Kier alpha value is -3.20. The molecule has 1 aromatic heterocycles. The Morgan fingerprint density at radius 2 is 1.83 bits per heavy atom. The molecule has 2 heterocycles. The van der Waals surface area contributed by atoms with Gasteiger partial charge in [0.2, 0.25) is 0 Å². The highest BCUT2D eigenvalue weighted by molar-refractivity contribution is 5.95.